The summed E-state index contributed by atoms with van der Waals surface area (Å²) in [5.41, 5.74) is 3.92. The van der Waals surface area contributed by atoms with Crippen molar-refractivity contribution in [1.82, 2.24) is 14.5 Å². The molecule has 2 aliphatic heterocycles. The van der Waals surface area contributed by atoms with Crippen molar-refractivity contribution in [3.05, 3.63) is 88.1 Å². The lowest BCUT2D eigenvalue weighted by Gasteiger charge is -2.43. The first-order chi connectivity index (χ1) is 14.6. The van der Waals surface area contributed by atoms with Crippen LogP contribution in [0.4, 0.5) is 0 Å². The smallest absolute Gasteiger partial charge is 0.253 e. The normalized spacial score (nSPS) is 19.6. The minimum atomic E-state index is -0.0200. The second-order valence-corrected chi connectivity index (χ2v) is 8.06. The number of pyridine rings is 2. The lowest BCUT2D eigenvalue weighted by atomic mass is 9.82. The standard InChI is InChI=1S/C24H20N4O2/c25-11-16-3-5-18(6-4-16)24(30)27-13-17-8-21(15-27)22-9-20(10-23(29)28(22)14-17)19-2-1-7-26-12-19/h1-7,9-10,12,17,21H,8,13-15H2/t17-,21+/m0/s1. The number of carbonyl (C=O) groups excluding carboxylic acids is 1. The Bertz CT molecular complexity index is 1210. The topological polar surface area (TPSA) is 79.0 Å². The highest BCUT2D eigenvalue weighted by Crippen LogP contribution is 2.37. The Balaban J connectivity index is 1.46. The Morgan fingerprint density at radius 2 is 1.90 bits per heavy atom. The highest BCUT2D eigenvalue weighted by atomic mass is 16.2. The van der Waals surface area contributed by atoms with Gasteiger partial charge in [-0.15, -0.1) is 0 Å². The summed E-state index contributed by atoms with van der Waals surface area (Å²) in [6.07, 6.45) is 4.46. The van der Waals surface area contributed by atoms with Gasteiger partial charge < -0.3 is 9.47 Å². The highest BCUT2D eigenvalue weighted by Gasteiger charge is 2.36. The summed E-state index contributed by atoms with van der Waals surface area (Å²) in [5, 5.41) is 8.97. The van der Waals surface area contributed by atoms with Gasteiger partial charge in [0.1, 0.15) is 0 Å². The van der Waals surface area contributed by atoms with Crippen LogP contribution in [0.5, 0.6) is 0 Å². The van der Waals surface area contributed by atoms with Gasteiger partial charge in [-0.2, -0.15) is 5.26 Å². The highest BCUT2D eigenvalue weighted by molar-refractivity contribution is 5.94. The van der Waals surface area contributed by atoms with Crippen molar-refractivity contribution < 1.29 is 4.79 Å². The van der Waals surface area contributed by atoms with E-state index < -0.39 is 0 Å². The van der Waals surface area contributed by atoms with Crippen molar-refractivity contribution in [2.75, 3.05) is 13.1 Å². The van der Waals surface area contributed by atoms with Crippen LogP contribution in [0.15, 0.2) is 65.7 Å². The van der Waals surface area contributed by atoms with Crippen LogP contribution in [0.3, 0.4) is 0 Å². The van der Waals surface area contributed by atoms with Crippen molar-refractivity contribution >= 4 is 5.91 Å². The van der Waals surface area contributed by atoms with E-state index in [2.05, 4.69) is 17.1 Å². The summed E-state index contributed by atoms with van der Waals surface area (Å²) in [6, 6.07) is 16.4. The molecule has 6 heteroatoms. The number of carbonyl (C=O) groups is 1. The molecule has 148 valence electrons. The van der Waals surface area contributed by atoms with Crippen LogP contribution in [0, 0.1) is 17.2 Å². The van der Waals surface area contributed by atoms with Crippen LogP contribution < -0.4 is 5.56 Å². The van der Waals surface area contributed by atoms with Gasteiger partial charge in [-0.3, -0.25) is 14.6 Å². The number of amides is 1. The number of fused-ring (bicyclic) bond motifs is 4. The summed E-state index contributed by atoms with van der Waals surface area (Å²) in [6.45, 7) is 1.87. The fraction of sp³-hybridized carbons (Fsp3) is 0.250. The molecule has 2 aromatic heterocycles. The van der Waals surface area contributed by atoms with Crippen LogP contribution in [-0.4, -0.2) is 33.4 Å². The van der Waals surface area contributed by atoms with Gasteiger partial charge in [-0.1, -0.05) is 6.07 Å². The van der Waals surface area contributed by atoms with E-state index in [1.165, 1.54) is 0 Å². The monoisotopic (exact) mass is 396 g/mol. The number of aromatic nitrogens is 2. The second-order valence-electron chi connectivity index (χ2n) is 8.06. The molecule has 30 heavy (non-hydrogen) atoms. The average Bonchev–Trinajstić information content (AvgIpc) is 2.79. The third-order valence-electron chi connectivity index (χ3n) is 6.10. The van der Waals surface area contributed by atoms with Crippen LogP contribution >= 0.6 is 0 Å². The molecule has 5 rings (SSSR count). The van der Waals surface area contributed by atoms with E-state index in [0.717, 1.165) is 23.2 Å². The van der Waals surface area contributed by atoms with Crippen molar-refractivity contribution in [3.63, 3.8) is 0 Å². The molecule has 0 spiro atoms. The quantitative estimate of drug-likeness (QED) is 0.667. The maximum absolute atomic E-state index is 13.1. The number of likely N-dealkylation sites (tertiary alicyclic amines) is 1. The molecule has 0 unspecified atom stereocenters. The number of rotatable bonds is 2. The summed E-state index contributed by atoms with van der Waals surface area (Å²) in [7, 11) is 0. The van der Waals surface area contributed by atoms with Crippen molar-refractivity contribution in [2.45, 2.75) is 18.9 Å². The molecule has 2 bridgehead atoms. The third-order valence-corrected chi connectivity index (χ3v) is 6.10. The van der Waals surface area contributed by atoms with E-state index in [4.69, 9.17) is 5.26 Å². The fourth-order valence-corrected chi connectivity index (χ4v) is 4.70. The molecule has 0 radical (unpaired) electrons. The zero-order valence-electron chi connectivity index (χ0n) is 16.4. The van der Waals surface area contributed by atoms with Gasteiger partial charge in [0, 0.05) is 60.8 Å². The molecule has 1 saturated heterocycles. The van der Waals surface area contributed by atoms with E-state index in [1.807, 2.05) is 21.6 Å². The van der Waals surface area contributed by atoms with Crippen molar-refractivity contribution in [1.29, 1.82) is 5.26 Å². The minimum Gasteiger partial charge on any atom is -0.338 e. The van der Waals surface area contributed by atoms with Crippen LogP contribution in [0.25, 0.3) is 11.1 Å². The maximum atomic E-state index is 13.1. The first kappa shape index (κ1) is 18.3. The summed E-state index contributed by atoms with van der Waals surface area (Å²) < 4.78 is 1.88. The van der Waals surface area contributed by atoms with Crippen LogP contribution in [0.2, 0.25) is 0 Å². The van der Waals surface area contributed by atoms with Gasteiger partial charge in [0.05, 0.1) is 11.6 Å². The van der Waals surface area contributed by atoms with E-state index >= 15 is 0 Å². The largest absolute Gasteiger partial charge is 0.338 e. The molecule has 4 heterocycles. The Morgan fingerprint density at radius 3 is 2.63 bits per heavy atom. The maximum Gasteiger partial charge on any atom is 0.253 e. The molecule has 0 N–H and O–H groups in total. The Morgan fingerprint density at radius 1 is 1.07 bits per heavy atom. The number of benzene rings is 1. The summed E-state index contributed by atoms with van der Waals surface area (Å²) in [4.78, 5) is 31.9. The minimum absolute atomic E-state index is 0.00734. The number of nitriles is 1. The van der Waals surface area contributed by atoms with Crippen LogP contribution in [0.1, 0.15) is 34.0 Å². The Kier molecular flexibility index (Phi) is 4.44. The molecule has 2 aliphatic rings. The van der Waals surface area contributed by atoms with Crippen LogP contribution in [-0.2, 0) is 6.54 Å². The summed E-state index contributed by atoms with van der Waals surface area (Å²) in [5.74, 6) is 0.373. The molecular weight excluding hydrogens is 376 g/mol. The van der Waals surface area contributed by atoms with E-state index in [1.54, 1.807) is 42.7 Å². The summed E-state index contributed by atoms with van der Waals surface area (Å²) >= 11 is 0. The predicted octanol–water partition coefficient (Wildman–Crippen LogP) is 3.04. The Labute approximate surface area is 174 Å². The molecule has 0 saturated carbocycles. The number of piperidine rings is 1. The lowest BCUT2D eigenvalue weighted by molar-refractivity contribution is 0.0594. The van der Waals surface area contributed by atoms with Gasteiger partial charge in [-0.05, 0) is 54.3 Å². The lowest BCUT2D eigenvalue weighted by Crippen LogP contribution is -2.49. The number of hydrogen-bond acceptors (Lipinski definition) is 4. The molecule has 1 amide bonds. The second kappa shape index (κ2) is 7.27. The molecule has 3 aromatic rings. The van der Waals surface area contributed by atoms with E-state index in [0.29, 0.717) is 30.8 Å². The number of hydrogen-bond donors (Lipinski definition) is 0. The fourth-order valence-electron chi connectivity index (χ4n) is 4.70. The molecule has 1 fully saturated rings. The van der Waals surface area contributed by atoms with Gasteiger partial charge >= 0.3 is 0 Å². The molecular formula is C24H20N4O2. The first-order valence-corrected chi connectivity index (χ1v) is 10.1. The van der Waals surface area contributed by atoms with Gasteiger partial charge in [-0.25, -0.2) is 0 Å². The number of nitrogens with zero attached hydrogens (tertiary/aromatic N) is 4. The predicted molar refractivity (Wildman–Crippen MR) is 112 cm³/mol. The first-order valence-electron chi connectivity index (χ1n) is 10.1. The van der Waals surface area contributed by atoms with Crippen molar-refractivity contribution in [3.8, 4) is 17.2 Å². The third kappa shape index (κ3) is 3.18. The van der Waals surface area contributed by atoms with E-state index in [-0.39, 0.29) is 23.3 Å². The molecule has 1 aromatic carbocycles. The van der Waals surface area contributed by atoms with Gasteiger partial charge in [0.15, 0.2) is 0 Å². The Hall–Kier alpha value is -3.72. The van der Waals surface area contributed by atoms with Crippen molar-refractivity contribution in [2.24, 2.45) is 5.92 Å². The van der Waals surface area contributed by atoms with E-state index in [9.17, 15) is 9.59 Å². The SMILES string of the molecule is N#Cc1ccc(C(=O)N2C[C@@H]3C[C@H](C2)c2cc(-c4cccnc4)cc(=O)n2C3)cc1. The zero-order chi connectivity index (χ0) is 20.7. The van der Waals surface area contributed by atoms with Gasteiger partial charge in [0.25, 0.3) is 11.5 Å². The molecule has 0 aliphatic carbocycles. The zero-order valence-corrected chi connectivity index (χ0v) is 16.4. The van der Waals surface area contributed by atoms with Gasteiger partial charge in [0.2, 0.25) is 0 Å². The molecule has 2 atom stereocenters. The average molecular weight is 396 g/mol. The molecule has 6 nitrogen and oxygen atoms in total.